The van der Waals surface area contributed by atoms with Crippen LogP contribution in [0.4, 0.5) is 0 Å². The Labute approximate surface area is 172 Å². The van der Waals surface area contributed by atoms with E-state index in [1.807, 2.05) is 31.2 Å². The molecule has 0 radical (unpaired) electrons. The fourth-order valence-electron chi connectivity index (χ4n) is 3.50. The normalized spacial score (nSPS) is 12.8. The van der Waals surface area contributed by atoms with E-state index < -0.39 is 0 Å². The smallest absolute Gasteiger partial charge is 0.233 e. The van der Waals surface area contributed by atoms with Crippen LogP contribution >= 0.6 is 23.1 Å². The molecule has 0 unspecified atom stereocenters. The molecule has 28 heavy (non-hydrogen) atoms. The fourth-order valence-corrected chi connectivity index (χ4v) is 5.52. The highest BCUT2D eigenvalue weighted by atomic mass is 32.2. The van der Waals surface area contributed by atoms with Gasteiger partial charge in [-0.1, -0.05) is 23.9 Å². The molecule has 142 valence electrons. The van der Waals surface area contributed by atoms with Gasteiger partial charge in [0.2, 0.25) is 5.91 Å². The van der Waals surface area contributed by atoms with Crippen LogP contribution in [0.5, 0.6) is 0 Å². The van der Waals surface area contributed by atoms with Gasteiger partial charge < -0.3 is 4.90 Å². The van der Waals surface area contributed by atoms with Gasteiger partial charge in [0.05, 0.1) is 28.1 Å². The Morgan fingerprint density at radius 2 is 2.14 bits per heavy atom. The zero-order valence-corrected chi connectivity index (χ0v) is 17.5. The van der Waals surface area contributed by atoms with Crippen molar-refractivity contribution in [3.63, 3.8) is 0 Å². The van der Waals surface area contributed by atoms with Gasteiger partial charge in [-0.25, -0.2) is 9.97 Å². The van der Waals surface area contributed by atoms with Crippen molar-refractivity contribution in [3.8, 4) is 6.07 Å². The molecule has 0 atom stereocenters. The van der Waals surface area contributed by atoms with Crippen LogP contribution < -0.4 is 0 Å². The van der Waals surface area contributed by atoms with Crippen LogP contribution in [-0.4, -0.2) is 33.6 Å². The van der Waals surface area contributed by atoms with Gasteiger partial charge in [-0.3, -0.25) is 4.79 Å². The molecule has 0 aliphatic heterocycles. The Bertz CT molecular complexity index is 1070. The summed E-state index contributed by atoms with van der Waals surface area (Å²) in [6.45, 7) is 2.48. The van der Waals surface area contributed by atoms with Gasteiger partial charge >= 0.3 is 0 Å². The van der Waals surface area contributed by atoms with Crippen molar-refractivity contribution in [3.05, 3.63) is 51.7 Å². The summed E-state index contributed by atoms with van der Waals surface area (Å²) < 4.78 is 1.13. The fraction of sp³-hybridized carbons (Fsp3) is 0.333. The summed E-state index contributed by atoms with van der Waals surface area (Å²) in [6, 6.07) is 10.3. The number of thiazole rings is 1. The number of rotatable bonds is 5. The number of pyridine rings is 1. The van der Waals surface area contributed by atoms with Gasteiger partial charge in [0.15, 0.2) is 0 Å². The zero-order chi connectivity index (χ0) is 19.7. The lowest BCUT2D eigenvalue weighted by Gasteiger charge is -2.16. The maximum Gasteiger partial charge on any atom is 0.233 e. The molecule has 1 aliphatic carbocycles. The highest BCUT2D eigenvalue weighted by Crippen LogP contribution is 2.32. The van der Waals surface area contributed by atoms with Gasteiger partial charge in [0.1, 0.15) is 16.1 Å². The summed E-state index contributed by atoms with van der Waals surface area (Å²) in [5, 5.41) is 11.2. The van der Waals surface area contributed by atoms with Gasteiger partial charge in [0.25, 0.3) is 0 Å². The SMILES string of the molecule is Cc1c(C#N)c(SCC(=O)N(C)Cc2nc3ccccc3s2)nc2c1CCC2. The lowest BCUT2D eigenvalue weighted by Crippen LogP contribution is -2.27. The average molecular weight is 409 g/mol. The number of aromatic nitrogens is 2. The first kappa shape index (κ1) is 18.9. The van der Waals surface area contributed by atoms with Crippen molar-refractivity contribution >= 4 is 39.2 Å². The zero-order valence-electron chi connectivity index (χ0n) is 15.9. The third kappa shape index (κ3) is 3.62. The lowest BCUT2D eigenvalue weighted by atomic mass is 10.0. The van der Waals surface area contributed by atoms with E-state index in [-0.39, 0.29) is 11.7 Å². The number of fused-ring (bicyclic) bond motifs is 2. The van der Waals surface area contributed by atoms with E-state index in [2.05, 4.69) is 16.0 Å². The average Bonchev–Trinajstić information content (AvgIpc) is 3.32. The Hall–Kier alpha value is -2.43. The molecule has 7 heteroatoms. The number of para-hydroxylation sites is 1. The van der Waals surface area contributed by atoms with Crippen LogP contribution in [-0.2, 0) is 24.2 Å². The molecule has 2 heterocycles. The highest BCUT2D eigenvalue weighted by molar-refractivity contribution is 8.00. The van der Waals surface area contributed by atoms with Crippen LogP contribution in [0, 0.1) is 18.3 Å². The number of hydrogen-bond donors (Lipinski definition) is 0. The van der Waals surface area contributed by atoms with E-state index in [9.17, 15) is 10.1 Å². The van der Waals surface area contributed by atoms with E-state index in [0.29, 0.717) is 17.1 Å². The molecule has 1 amide bonds. The summed E-state index contributed by atoms with van der Waals surface area (Å²) in [5.74, 6) is 0.273. The van der Waals surface area contributed by atoms with Crippen LogP contribution in [0.15, 0.2) is 29.3 Å². The van der Waals surface area contributed by atoms with E-state index in [4.69, 9.17) is 0 Å². The number of carbonyl (C=O) groups excluding carboxylic acids is 1. The number of amides is 1. The highest BCUT2D eigenvalue weighted by Gasteiger charge is 2.22. The topological polar surface area (TPSA) is 69.9 Å². The van der Waals surface area contributed by atoms with E-state index in [0.717, 1.165) is 45.7 Å². The van der Waals surface area contributed by atoms with Crippen molar-refractivity contribution in [1.82, 2.24) is 14.9 Å². The van der Waals surface area contributed by atoms with Gasteiger partial charge in [-0.05, 0) is 49.4 Å². The first-order valence-corrected chi connectivity index (χ1v) is 11.0. The molecule has 0 saturated carbocycles. The van der Waals surface area contributed by atoms with E-state index in [1.54, 1.807) is 23.3 Å². The monoisotopic (exact) mass is 408 g/mol. The number of aryl methyl sites for hydroxylation is 1. The molecule has 1 aliphatic rings. The number of thioether (sulfide) groups is 1. The molecule has 1 aromatic carbocycles. The molecule has 0 fully saturated rings. The molecular weight excluding hydrogens is 388 g/mol. The van der Waals surface area contributed by atoms with Crippen LogP contribution in [0.3, 0.4) is 0 Å². The largest absolute Gasteiger partial charge is 0.338 e. The predicted molar refractivity (Wildman–Crippen MR) is 113 cm³/mol. The number of hydrogen-bond acceptors (Lipinski definition) is 6. The molecular formula is C21H20N4OS2. The minimum Gasteiger partial charge on any atom is -0.338 e. The Kier molecular flexibility index (Phi) is 5.33. The second kappa shape index (κ2) is 7.90. The molecule has 3 aromatic rings. The van der Waals surface area contributed by atoms with E-state index in [1.165, 1.54) is 17.3 Å². The summed E-state index contributed by atoms with van der Waals surface area (Å²) in [4.78, 5) is 23.6. The molecule has 5 nitrogen and oxygen atoms in total. The molecule has 0 N–H and O–H groups in total. The standard InChI is InChI=1S/C21H20N4OS2/c1-13-14-6-5-8-16(14)24-21(15(13)10-22)27-12-20(26)25(2)11-19-23-17-7-3-4-9-18(17)28-19/h3-4,7,9H,5-6,8,11-12H2,1-2H3. The number of nitriles is 1. The summed E-state index contributed by atoms with van der Waals surface area (Å²) in [6.07, 6.45) is 3.05. The number of benzene rings is 1. The maximum absolute atomic E-state index is 12.6. The third-order valence-electron chi connectivity index (χ3n) is 5.05. The summed E-state index contributed by atoms with van der Waals surface area (Å²) in [5.41, 5.74) is 4.93. The molecule has 0 bridgehead atoms. The maximum atomic E-state index is 12.6. The van der Waals surface area contributed by atoms with Gasteiger partial charge in [-0.15, -0.1) is 11.3 Å². The summed E-state index contributed by atoms with van der Waals surface area (Å²) in [7, 11) is 1.79. The first-order chi connectivity index (χ1) is 13.6. The molecule has 0 spiro atoms. The minimum atomic E-state index is 0.00750. The minimum absolute atomic E-state index is 0.00750. The molecule has 0 saturated heterocycles. The Morgan fingerprint density at radius 1 is 1.32 bits per heavy atom. The molecule has 4 rings (SSSR count). The quantitative estimate of drug-likeness (QED) is 0.594. The Morgan fingerprint density at radius 3 is 2.93 bits per heavy atom. The van der Waals surface area contributed by atoms with Gasteiger partial charge in [-0.2, -0.15) is 5.26 Å². The lowest BCUT2D eigenvalue weighted by molar-refractivity contribution is -0.127. The van der Waals surface area contributed by atoms with Crippen molar-refractivity contribution in [2.24, 2.45) is 0 Å². The summed E-state index contributed by atoms with van der Waals surface area (Å²) >= 11 is 2.97. The van der Waals surface area contributed by atoms with Crippen molar-refractivity contribution in [2.75, 3.05) is 12.8 Å². The van der Waals surface area contributed by atoms with Crippen molar-refractivity contribution in [1.29, 1.82) is 5.26 Å². The molecule has 2 aromatic heterocycles. The predicted octanol–water partition coefficient (Wildman–Crippen LogP) is 4.11. The van der Waals surface area contributed by atoms with Crippen LogP contribution in [0.2, 0.25) is 0 Å². The Balaban J connectivity index is 1.44. The van der Waals surface area contributed by atoms with Crippen LogP contribution in [0.1, 0.15) is 33.8 Å². The van der Waals surface area contributed by atoms with Crippen LogP contribution in [0.25, 0.3) is 10.2 Å². The van der Waals surface area contributed by atoms with Gasteiger partial charge in [0, 0.05) is 12.7 Å². The van der Waals surface area contributed by atoms with E-state index >= 15 is 0 Å². The van der Waals surface area contributed by atoms with Crippen molar-refractivity contribution < 1.29 is 4.79 Å². The second-order valence-electron chi connectivity index (χ2n) is 6.92. The second-order valence-corrected chi connectivity index (χ2v) is 9.00. The number of nitrogens with zero attached hydrogens (tertiary/aromatic N) is 4. The number of carbonyl (C=O) groups is 1. The first-order valence-electron chi connectivity index (χ1n) is 9.20. The van der Waals surface area contributed by atoms with Crippen molar-refractivity contribution in [2.45, 2.75) is 37.8 Å². The third-order valence-corrected chi connectivity index (χ3v) is 7.03.